The van der Waals surface area contributed by atoms with Gasteiger partial charge >= 0.3 is 0 Å². The highest BCUT2D eigenvalue weighted by molar-refractivity contribution is 6.24. The number of carbonyl (C=O) groups is 2. The van der Waals surface area contributed by atoms with E-state index in [-0.39, 0.29) is 34.2 Å². The largest absolute Gasteiger partial charge is 0.507 e. The molecule has 33 heavy (non-hydrogen) atoms. The molecule has 0 bridgehead atoms. The van der Waals surface area contributed by atoms with Crippen LogP contribution in [0.5, 0.6) is 0 Å². The number of hydrogen-bond acceptors (Lipinski definition) is 5. The minimum atomic E-state index is -1.04. The Morgan fingerprint density at radius 3 is 2.42 bits per heavy atom. The predicted octanol–water partition coefficient (Wildman–Crippen LogP) is 5.76. The minimum absolute atomic E-state index is 0.00539. The lowest BCUT2D eigenvalue weighted by Crippen LogP contribution is -2.48. The number of rotatable bonds is 2. The number of Topliss-reactive ketones (excluding diaryl/α,β-unsaturated/α-hetero) is 2. The highest BCUT2D eigenvalue weighted by Crippen LogP contribution is 2.52. The van der Waals surface area contributed by atoms with E-state index >= 15 is 0 Å². The van der Waals surface area contributed by atoms with Gasteiger partial charge in [0.15, 0.2) is 11.6 Å². The number of aliphatic hydroxyl groups excluding tert-OH is 2. The molecule has 0 saturated heterocycles. The lowest BCUT2D eigenvalue weighted by atomic mass is 9.67. The van der Waals surface area contributed by atoms with E-state index in [1.807, 2.05) is 6.92 Å². The molecule has 0 radical (unpaired) electrons. The molecule has 0 unspecified atom stereocenters. The van der Waals surface area contributed by atoms with Gasteiger partial charge in [-0.25, -0.2) is 0 Å². The van der Waals surface area contributed by atoms with Gasteiger partial charge in [-0.2, -0.15) is 0 Å². The Bertz CT molecular complexity index is 972. The zero-order valence-electron chi connectivity index (χ0n) is 21.4. The molecule has 2 aliphatic carbocycles. The molecule has 1 aliphatic heterocycles. The van der Waals surface area contributed by atoms with Crippen LogP contribution in [-0.4, -0.2) is 33.5 Å². The molecule has 3 aliphatic rings. The summed E-state index contributed by atoms with van der Waals surface area (Å²) in [7, 11) is 0. The van der Waals surface area contributed by atoms with Crippen molar-refractivity contribution in [2.45, 2.75) is 92.8 Å². The smallest absolute Gasteiger partial charge is 0.183 e. The number of aliphatic hydroxyl groups is 2. The van der Waals surface area contributed by atoms with Crippen LogP contribution in [0.3, 0.4) is 0 Å². The van der Waals surface area contributed by atoms with Crippen molar-refractivity contribution in [3.63, 3.8) is 0 Å². The predicted molar refractivity (Wildman–Crippen MR) is 129 cm³/mol. The fraction of sp³-hybridized carbons (Fsp3) is 0.643. The first-order valence-electron chi connectivity index (χ1n) is 12.1. The van der Waals surface area contributed by atoms with Crippen molar-refractivity contribution >= 4 is 11.6 Å². The molecule has 0 aromatic carbocycles. The molecule has 0 fully saturated rings. The Kier molecular flexibility index (Phi) is 6.62. The fourth-order valence-electron chi connectivity index (χ4n) is 5.18. The Labute approximate surface area is 198 Å². The van der Waals surface area contributed by atoms with Gasteiger partial charge in [-0.3, -0.25) is 9.59 Å². The van der Waals surface area contributed by atoms with Crippen molar-refractivity contribution in [1.29, 1.82) is 0 Å². The Morgan fingerprint density at radius 1 is 1.18 bits per heavy atom. The van der Waals surface area contributed by atoms with Crippen LogP contribution < -0.4 is 0 Å². The molecule has 5 nitrogen and oxygen atoms in total. The van der Waals surface area contributed by atoms with Crippen molar-refractivity contribution in [2.75, 3.05) is 0 Å². The molecule has 5 heteroatoms. The van der Waals surface area contributed by atoms with Crippen LogP contribution in [0, 0.1) is 22.7 Å². The average molecular weight is 457 g/mol. The van der Waals surface area contributed by atoms with Crippen molar-refractivity contribution < 1.29 is 24.5 Å². The van der Waals surface area contributed by atoms with Crippen LogP contribution in [0.25, 0.3) is 0 Å². The second-order valence-electron chi connectivity index (χ2n) is 11.8. The molecule has 3 rings (SSSR count). The van der Waals surface area contributed by atoms with Gasteiger partial charge in [0.2, 0.25) is 0 Å². The Hall–Kier alpha value is -2.14. The summed E-state index contributed by atoms with van der Waals surface area (Å²) in [4.78, 5) is 26.2. The zero-order valence-corrected chi connectivity index (χ0v) is 21.4. The maximum atomic E-state index is 13.4. The van der Waals surface area contributed by atoms with Gasteiger partial charge in [0, 0.05) is 23.8 Å². The topological polar surface area (TPSA) is 83.8 Å². The van der Waals surface area contributed by atoms with Crippen molar-refractivity contribution in [3.8, 4) is 0 Å². The second kappa shape index (κ2) is 8.57. The number of fused-ring (bicyclic) bond motifs is 1. The molecule has 182 valence electrons. The lowest BCUT2D eigenvalue weighted by molar-refractivity contribution is -0.132. The molecular weight excluding hydrogens is 416 g/mol. The number of ketones is 2. The third-order valence-electron chi connectivity index (χ3n) is 7.64. The zero-order chi connectivity index (χ0) is 24.9. The third-order valence-corrected chi connectivity index (χ3v) is 7.64. The third kappa shape index (κ3) is 4.62. The molecule has 1 heterocycles. The van der Waals surface area contributed by atoms with Crippen LogP contribution in [0.2, 0.25) is 0 Å². The van der Waals surface area contributed by atoms with Gasteiger partial charge in [0.05, 0.1) is 11.5 Å². The molecule has 0 aromatic rings. The maximum absolute atomic E-state index is 13.4. The van der Waals surface area contributed by atoms with Crippen LogP contribution in [0.1, 0.15) is 81.1 Å². The van der Waals surface area contributed by atoms with Crippen molar-refractivity contribution in [2.24, 2.45) is 22.7 Å². The van der Waals surface area contributed by atoms with Gasteiger partial charge in [-0.05, 0) is 57.9 Å². The van der Waals surface area contributed by atoms with Crippen molar-refractivity contribution in [3.05, 3.63) is 46.5 Å². The van der Waals surface area contributed by atoms with E-state index < -0.39 is 23.0 Å². The fourth-order valence-corrected chi connectivity index (χ4v) is 5.18. The van der Waals surface area contributed by atoms with Gasteiger partial charge in [-0.15, -0.1) is 0 Å². The molecule has 0 saturated carbocycles. The number of carbonyl (C=O) groups excluding carboxylic acids is 2. The minimum Gasteiger partial charge on any atom is -0.507 e. The van der Waals surface area contributed by atoms with E-state index in [0.29, 0.717) is 37.0 Å². The number of ether oxygens (including phenoxy) is 1. The first-order chi connectivity index (χ1) is 15.1. The summed E-state index contributed by atoms with van der Waals surface area (Å²) in [6.45, 7) is 15.3. The molecule has 2 N–H and O–H groups in total. The first kappa shape index (κ1) is 25.5. The van der Waals surface area contributed by atoms with E-state index in [4.69, 9.17) is 4.74 Å². The van der Waals surface area contributed by atoms with Crippen molar-refractivity contribution in [1.82, 2.24) is 0 Å². The van der Waals surface area contributed by atoms with Gasteiger partial charge in [0.1, 0.15) is 22.7 Å². The summed E-state index contributed by atoms with van der Waals surface area (Å²) in [5.74, 6) is -0.847. The van der Waals surface area contributed by atoms with Crippen LogP contribution in [-0.2, 0) is 14.3 Å². The van der Waals surface area contributed by atoms with E-state index in [0.717, 1.165) is 5.57 Å². The highest BCUT2D eigenvalue weighted by atomic mass is 16.5. The van der Waals surface area contributed by atoms with Crippen LogP contribution in [0.15, 0.2) is 46.5 Å². The normalized spacial score (nSPS) is 34.5. The summed E-state index contributed by atoms with van der Waals surface area (Å²) in [5, 5.41) is 21.8. The lowest BCUT2D eigenvalue weighted by Gasteiger charge is -2.48. The molecule has 3 atom stereocenters. The molecule has 0 amide bonds. The summed E-state index contributed by atoms with van der Waals surface area (Å²) < 4.78 is 6.64. The summed E-state index contributed by atoms with van der Waals surface area (Å²) >= 11 is 0. The van der Waals surface area contributed by atoms with Crippen LogP contribution >= 0.6 is 0 Å². The van der Waals surface area contributed by atoms with Gasteiger partial charge < -0.3 is 14.9 Å². The standard InChI is InChI=1S/C28H40O5/c1-16(2)22(30)21-23(31)19-14-18-11-10-17(3)20(29)15-26(4,5)12-9-13-28(18,8)33-25(19)27(6,7)24(21)32/h9-10,12,16,18,20,29,31H,11,13-15H2,1-8H3/b12-9-,17-10+/t18-,20+,28+/m1/s1. The van der Waals surface area contributed by atoms with E-state index in [2.05, 4.69) is 39.0 Å². The van der Waals surface area contributed by atoms with E-state index in [1.165, 1.54) is 0 Å². The average Bonchev–Trinajstić information content (AvgIpc) is 2.71. The molecule has 0 spiro atoms. The Balaban J connectivity index is 2.13. The van der Waals surface area contributed by atoms with E-state index in [9.17, 15) is 19.8 Å². The summed E-state index contributed by atoms with van der Waals surface area (Å²) in [6.07, 6.45) is 8.25. The Morgan fingerprint density at radius 2 is 1.82 bits per heavy atom. The first-order valence-corrected chi connectivity index (χ1v) is 12.1. The number of allylic oxidation sites excluding steroid dienone is 5. The number of hydrogen-bond donors (Lipinski definition) is 2. The monoisotopic (exact) mass is 456 g/mol. The summed E-state index contributed by atoms with van der Waals surface area (Å²) in [6, 6.07) is 0. The summed E-state index contributed by atoms with van der Waals surface area (Å²) in [5.41, 5.74) is -0.397. The van der Waals surface area contributed by atoms with E-state index in [1.54, 1.807) is 27.7 Å². The van der Waals surface area contributed by atoms with Gasteiger partial charge in [0.25, 0.3) is 0 Å². The molecular formula is C28H40O5. The van der Waals surface area contributed by atoms with Crippen LogP contribution in [0.4, 0.5) is 0 Å². The second-order valence-corrected chi connectivity index (χ2v) is 11.8. The SMILES string of the molecule is C/C1=C\C[C@@H]2CC3=C(O[C@@]2(C)C/C=C\C(C)(C)C[C@@H]1O)C(C)(C)C(=O)C(C(=O)C(C)C)=C3O. The highest BCUT2D eigenvalue weighted by Gasteiger charge is 2.52. The maximum Gasteiger partial charge on any atom is 0.183 e. The molecule has 0 aromatic heterocycles. The quantitative estimate of drug-likeness (QED) is 0.408. The van der Waals surface area contributed by atoms with Gasteiger partial charge in [-0.1, -0.05) is 45.9 Å².